The number of nitrogens with one attached hydrogen (secondary N) is 2. The monoisotopic (exact) mass is 368 g/mol. The first-order chi connectivity index (χ1) is 10.8. The van der Waals surface area contributed by atoms with Gasteiger partial charge in [-0.3, -0.25) is 4.79 Å². The van der Waals surface area contributed by atoms with E-state index in [1.165, 1.54) is 0 Å². The van der Waals surface area contributed by atoms with Gasteiger partial charge in [0.05, 0.1) is 11.4 Å². The molecule has 1 amide bonds. The topological polar surface area (TPSA) is 84.5 Å². The zero-order valence-corrected chi connectivity index (χ0v) is 14.2. The van der Waals surface area contributed by atoms with Crippen LogP contribution in [0.25, 0.3) is 0 Å². The zero-order chi connectivity index (χ0) is 18.6. The Kier molecular flexibility index (Phi) is 6.23. The fraction of sp³-hybridized carbons (Fsp3) is 0.500. The average molecular weight is 368 g/mol. The summed E-state index contributed by atoms with van der Waals surface area (Å²) in [5.74, 6) is -1.05. The van der Waals surface area contributed by atoms with Crippen molar-refractivity contribution in [2.45, 2.75) is 44.0 Å². The van der Waals surface area contributed by atoms with Gasteiger partial charge in [-0.2, -0.15) is 0 Å². The van der Waals surface area contributed by atoms with Crippen LogP contribution in [0.1, 0.15) is 27.2 Å². The van der Waals surface area contributed by atoms with Gasteiger partial charge in [0.1, 0.15) is 5.75 Å². The maximum atomic E-state index is 12.1. The molecule has 0 radical (unpaired) electrons. The van der Waals surface area contributed by atoms with Crippen molar-refractivity contribution in [1.29, 1.82) is 0 Å². The molecule has 0 fully saturated rings. The molecule has 0 bridgehead atoms. The van der Waals surface area contributed by atoms with Crippen LogP contribution in [0, 0.1) is 0 Å². The van der Waals surface area contributed by atoms with Crippen molar-refractivity contribution in [2.24, 2.45) is 0 Å². The summed E-state index contributed by atoms with van der Waals surface area (Å²) in [6, 6.07) is 3.67. The molecule has 0 aliphatic heterocycles. The molecule has 6 nitrogen and oxygen atoms in total. The number of carbonyl (C=O) groups is 1. The first-order valence-electron chi connectivity index (χ1n) is 7.01. The number of alkyl halides is 3. The number of hydrogen-bond acceptors (Lipinski definition) is 4. The molecule has 24 heavy (non-hydrogen) atoms. The fourth-order valence-electron chi connectivity index (χ4n) is 1.57. The van der Waals surface area contributed by atoms with Gasteiger partial charge in [-0.15, -0.1) is 13.2 Å². The van der Waals surface area contributed by atoms with Crippen LogP contribution in [0.3, 0.4) is 0 Å². The van der Waals surface area contributed by atoms with E-state index in [0.29, 0.717) is 6.42 Å². The highest BCUT2D eigenvalue weighted by molar-refractivity contribution is 7.89. The van der Waals surface area contributed by atoms with Gasteiger partial charge in [0.2, 0.25) is 15.9 Å². The highest BCUT2D eigenvalue weighted by Crippen LogP contribution is 2.23. The van der Waals surface area contributed by atoms with Gasteiger partial charge in [0.25, 0.3) is 0 Å². The summed E-state index contributed by atoms with van der Waals surface area (Å²) in [4.78, 5) is 11.4. The van der Waals surface area contributed by atoms with Crippen LogP contribution < -0.4 is 14.8 Å². The van der Waals surface area contributed by atoms with Gasteiger partial charge >= 0.3 is 6.36 Å². The van der Waals surface area contributed by atoms with Crippen LogP contribution in [0.2, 0.25) is 0 Å². The molecule has 0 saturated heterocycles. The van der Waals surface area contributed by atoms with Crippen molar-refractivity contribution in [3.05, 3.63) is 24.3 Å². The van der Waals surface area contributed by atoms with Gasteiger partial charge in [-0.05, 0) is 44.5 Å². The van der Waals surface area contributed by atoms with Crippen LogP contribution in [0.15, 0.2) is 29.2 Å². The van der Waals surface area contributed by atoms with Gasteiger partial charge < -0.3 is 10.1 Å². The molecule has 0 aromatic heterocycles. The number of carbonyl (C=O) groups excluding carboxylic acids is 1. The smallest absolute Gasteiger partial charge is 0.406 e. The third-order valence-corrected chi connectivity index (χ3v) is 4.57. The summed E-state index contributed by atoms with van der Waals surface area (Å²) < 4.78 is 65.9. The molecule has 1 aromatic rings. The van der Waals surface area contributed by atoms with Crippen LogP contribution in [-0.2, 0) is 14.8 Å². The number of benzene rings is 1. The quantitative estimate of drug-likeness (QED) is 0.773. The van der Waals surface area contributed by atoms with E-state index in [1.807, 2.05) is 6.92 Å². The predicted octanol–water partition coefficient (Wildman–Crippen LogP) is 2.17. The Morgan fingerprint density at radius 1 is 1.17 bits per heavy atom. The summed E-state index contributed by atoms with van der Waals surface area (Å²) in [6.45, 7) is 4.97. The van der Waals surface area contributed by atoms with E-state index >= 15 is 0 Å². The van der Waals surface area contributed by atoms with E-state index in [-0.39, 0.29) is 4.90 Å². The Balaban J connectivity index is 2.70. The molecule has 0 heterocycles. The first kappa shape index (κ1) is 20.2. The van der Waals surface area contributed by atoms with E-state index in [0.717, 1.165) is 24.3 Å². The lowest BCUT2D eigenvalue weighted by Crippen LogP contribution is -2.47. The molecule has 2 N–H and O–H groups in total. The number of amides is 1. The molecular formula is C14H19F3N2O4S. The number of hydrogen-bond donors (Lipinski definition) is 2. The standard InChI is InChI=1S/C14H19F3N2O4S/c1-4-13(2,3)19-12(20)9-18-24(21,22)11-7-5-10(6-8-11)23-14(15,16)17/h5-8,18H,4,9H2,1-3H3,(H,19,20). The molecule has 1 aromatic carbocycles. The normalized spacial score (nSPS) is 12.8. The maximum Gasteiger partial charge on any atom is 0.573 e. The van der Waals surface area contributed by atoms with E-state index in [9.17, 15) is 26.4 Å². The van der Waals surface area contributed by atoms with E-state index in [4.69, 9.17) is 0 Å². The summed E-state index contributed by atoms with van der Waals surface area (Å²) >= 11 is 0. The molecule has 0 aliphatic carbocycles. The minimum Gasteiger partial charge on any atom is -0.406 e. The third kappa shape index (κ3) is 6.75. The molecule has 0 spiro atoms. The van der Waals surface area contributed by atoms with Crippen molar-refractivity contribution in [1.82, 2.24) is 10.0 Å². The van der Waals surface area contributed by atoms with Crippen molar-refractivity contribution >= 4 is 15.9 Å². The van der Waals surface area contributed by atoms with E-state index in [1.54, 1.807) is 13.8 Å². The lowest BCUT2D eigenvalue weighted by Gasteiger charge is -2.24. The zero-order valence-electron chi connectivity index (χ0n) is 13.4. The summed E-state index contributed by atoms with van der Waals surface area (Å²) in [7, 11) is -4.03. The fourth-order valence-corrected chi connectivity index (χ4v) is 2.56. The van der Waals surface area contributed by atoms with Gasteiger partial charge in [-0.25, -0.2) is 13.1 Å². The molecule has 10 heteroatoms. The van der Waals surface area contributed by atoms with E-state index < -0.39 is 40.1 Å². The molecule has 0 saturated carbocycles. The van der Waals surface area contributed by atoms with Crippen LogP contribution in [0.5, 0.6) is 5.75 Å². The molecule has 136 valence electrons. The Hall–Kier alpha value is -1.81. The Labute approximate surface area is 138 Å². The van der Waals surface area contributed by atoms with Crippen LogP contribution in [-0.4, -0.2) is 32.8 Å². The predicted molar refractivity (Wildman–Crippen MR) is 80.8 cm³/mol. The van der Waals surface area contributed by atoms with Crippen molar-refractivity contribution < 1.29 is 31.1 Å². The molecular weight excluding hydrogens is 349 g/mol. The minimum atomic E-state index is -4.86. The first-order valence-corrected chi connectivity index (χ1v) is 8.49. The molecule has 1 rings (SSSR count). The lowest BCUT2D eigenvalue weighted by atomic mass is 10.0. The van der Waals surface area contributed by atoms with Crippen LogP contribution >= 0.6 is 0 Å². The molecule has 0 aliphatic rings. The second-order valence-electron chi connectivity index (χ2n) is 5.63. The Morgan fingerprint density at radius 3 is 2.17 bits per heavy atom. The van der Waals surface area contributed by atoms with Crippen molar-refractivity contribution in [2.75, 3.05) is 6.54 Å². The third-order valence-electron chi connectivity index (χ3n) is 3.15. The lowest BCUT2D eigenvalue weighted by molar-refractivity contribution is -0.274. The Bertz CT molecular complexity index is 670. The van der Waals surface area contributed by atoms with Gasteiger partial charge in [0.15, 0.2) is 0 Å². The van der Waals surface area contributed by atoms with Crippen LogP contribution in [0.4, 0.5) is 13.2 Å². The number of halogens is 3. The summed E-state index contributed by atoms with van der Waals surface area (Å²) in [6.07, 6.45) is -4.20. The van der Waals surface area contributed by atoms with Gasteiger partial charge in [0, 0.05) is 5.54 Å². The van der Waals surface area contributed by atoms with Crippen molar-refractivity contribution in [3.63, 3.8) is 0 Å². The second-order valence-corrected chi connectivity index (χ2v) is 7.40. The molecule has 0 atom stereocenters. The second kappa shape index (κ2) is 7.39. The van der Waals surface area contributed by atoms with Gasteiger partial charge in [-0.1, -0.05) is 6.92 Å². The number of sulfonamides is 1. The minimum absolute atomic E-state index is 0.278. The molecule has 0 unspecified atom stereocenters. The maximum absolute atomic E-state index is 12.1. The largest absolute Gasteiger partial charge is 0.573 e. The highest BCUT2D eigenvalue weighted by atomic mass is 32.2. The highest BCUT2D eigenvalue weighted by Gasteiger charge is 2.31. The van der Waals surface area contributed by atoms with Crippen molar-refractivity contribution in [3.8, 4) is 5.75 Å². The average Bonchev–Trinajstić information content (AvgIpc) is 2.44. The van der Waals surface area contributed by atoms with E-state index in [2.05, 4.69) is 14.8 Å². The summed E-state index contributed by atoms with van der Waals surface area (Å²) in [5.41, 5.74) is -0.473. The number of rotatable bonds is 7. The SMILES string of the molecule is CCC(C)(C)NC(=O)CNS(=O)(=O)c1ccc(OC(F)(F)F)cc1. The number of ether oxygens (including phenoxy) is 1. The summed E-state index contributed by atoms with van der Waals surface area (Å²) in [5, 5.41) is 2.65. The Morgan fingerprint density at radius 2 is 1.71 bits per heavy atom.